The summed E-state index contributed by atoms with van der Waals surface area (Å²) in [5.41, 5.74) is 2.81. The number of nitrogens with one attached hydrogen (secondary N) is 2. The summed E-state index contributed by atoms with van der Waals surface area (Å²) in [5.74, 6) is 0.631. The van der Waals surface area contributed by atoms with Crippen molar-refractivity contribution in [1.82, 2.24) is 0 Å². The molecule has 2 aromatic rings. The molecule has 0 heterocycles. The average molecular weight is 348 g/mol. The van der Waals surface area contributed by atoms with Crippen LogP contribution in [0.2, 0.25) is 0 Å². The number of hydrogen-bond acceptors (Lipinski definition) is 3. The number of anilines is 3. The second-order valence-corrected chi connectivity index (χ2v) is 7.45. The lowest BCUT2D eigenvalue weighted by Crippen LogP contribution is -2.40. The minimum absolute atomic E-state index is 0.0369. The molecule has 2 aromatic carbocycles. The Kier molecular flexibility index (Phi) is 4.74. The number of carbonyl (C=O) groups excluding carboxylic acids is 2. The van der Waals surface area contributed by atoms with Gasteiger partial charge in [-0.2, -0.15) is 0 Å². The van der Waals surface area contributed by atoms with Gasteiger partial charge >= 0.3 is 0 Å². The van der Waals surface area contributed by atoms with Crippen LogP contribution in [0.25, 0.3) is 0 Å². The van der Waals surface area contributed by atoms with Crippen molar-refractivity contribution in [2.45, 2.75) is 32.1 Å². The zero-order valence-electron chi connectivity index (χ0n) is 14.8. The van der Waals surface area contributed by atoms with Crippen LogP contribution in [0.3, 0.4) is 0 Å². The lowest BCUT2D eigenvalue weighted by Gasteiger charge is -2.36. The molecular formula is C22H24N2O2. The van der Waals surface area contributed by atoms with E-state index in [0.29, 0.717) is 5.78 Å². The number of hydrogen-bond donors (Lipinski definition) is 2. The summed E-state index contributed by atoms with van der Waals surface area (Å²) in [4.78, 5) is 24.8. The highest BCUT2D eigenvalue weighted by atomic mass is 16.2. The number of rotatable bonds is 4. The van der Waals surface area contributed by atoms with E-state index in [0.717, 1.165) is 49.2 Å². The van der Waals surface area contributed by atoms with Crippen molar-refractivity contribution in [3.63, 3.8) is 0 Å². The lowest BCUT2D eigenvalue weighted by atomic mass is 9.67. The van der Waals surface area contributed by atoms with Crippen LogP contribution >= 0.6 is 0 Å². The number of fused-ring (bicyclic) bond motifs is 2. The number of carbonyl (C=O) groups is 2. The van der Waals surface area contributed by atoms with E-state index in [4.69, 9.17) is 0 Å². The molecule has 4 heteroatoms. The normalized spacial score (nSPS) is 24.8. The van der Waals surface area contributed by atoms with Crippen LogP contribution < -0.4 is 10.6 Å². The van der Waals surface area contributed by atoms with Gasteiger partial charge in [0, 0.05) is 34.8 Å². The first-order valence-electron chi connectivity index (χ1n) is 9.46. The zero-order chi connectivity index (χ0) is 17.9. The smallest absolute Gasteiger partial charge is 0.227 e. The summed E-state index contributed by atoms with van der Waals surface area (Å²) >= 11 is 0. The van der Waals surface area contributed by atoms with Gasteiger partial charge in [-0.15, -0.1) is 0 Å². The third-order valence-corrected chi connectivity index (χ3v) is 5.63. The molecule has 1 amide bonds. The topological polar surface area (TPSA) is 58.2 Å². The first-order valence-corrected chi connectivity index (χ1v) is 9.46. The van der Waals surface area contributed by atoms with Gasteiger partial charge in [-0.25, -0.2) is 0 Å². The van der Waals surface area contributed by atoms with Crippen molar-refractivity contribution < 1.29 is 9.59 Å². The molecule has 2 aliphatic carbocycles. The minimum atomic E-state index is -0.0369. The molecule has 4 nitrogen and oxygen atoms in total. The predicted octanol–water partition coefficient (Wildman–Crippen LogP) is 4.76. The second-order valence-electron chi connectivity index (χ2n) is 7.45. The first kappa shape index (κ1) is 16.8. The van der Waals surface area contributed by atoms with Crippen molar-refractivity contribution in [1.29, 1.82) is 0 Å². The lowest BCUT2D eigenvalue weighted by molar-refractivity contribution is -0.136. The SMILES string of the molecule is O=C(Nc1ccc(Nc2ccccc2)cc1)C1C[C@@H]2CCC[C@@H](C1)C2=O. The van der Waals surface area contributed by atoms with E-state index in [1.165, 1.54) is 0 Å². The van der Waals surface area contributed by atoms with Gasteiger partial charge in [-0.3, -0.25) is 9.59 Å². The number of Topliss-reactive ketones (excluding diaryl/α,β-unsaturated/α-hetero) is 1. The Labute approximate surface area is 154 Å². The highest BCUT2D eigenvalue weighted by Gasteiger charge is 2.41. The molecule has 0 aromatic heterocycles. The highest BCUT2D eigenvalue weighted by molar-refractivity contribution is 5.95. The predicted molar refractivity (Wildman–Crippen MR) is 103 cm³/mol. The Morgan fingerprint density at radius 3 is 2.04 bits per heavy atom. The molecule has 2 saturated carbocycles. The fourth-order valence-electron chi connectivity index (χ4n) is 4.26. The summed E-state index contributed by atoms with van der Waals surface area (Å²) in [5, 5.41) is 6.36. The Hall–Kier alpha value is -2.62. The van der Waals surface area contributed by atoms with Gasteiger partial charge in [-0.05, 0) is 62.1 Å². The van der Waals surface area contributed by atoms with Gasteiger partial charge in [0.15, 0.2) is 0 Å². The van der Waals surface area contributed by atoms with Gasteiger partial charge in [-0.1, -0.05) is 24.6 Å². The van der Waals surface area contributed by atoms with Crippen molar-refractivity contribution in [2.24, 2.45) is 17.8 Å². The molecular weight excluding hydrogens is 324 g/mol. The summed E-state index contributed by atoms with van der Waals surface area (Å²) in [6.07, 6.45) is 4.48. The van der Waals surface area contributed by atoms with Crippen LogP contribution in [0.15, 0.2) is 54.6 Å². The van der Waals surface area contributed by atoms with E-state index < -0.39 is 0 Å². The monoisotopic (exact) mass is 348 g/mol. The zero-order valence-corrected chi connectivity index (χ0v) is 14.8. The van der Waals surface area contributed by atoms with Crippen molar-refractivity contribution in [2.75, 3.05) is 10.6 Å². The molecule has 0 radical (unpaired) electrons. The molecule has 0 saturated heterocycles. The third-order valence-electron chi connectivity index (χ3n) is 5.63. The van der Waals surface area contributed by atoms with Gasteiger partial charge in [0.1, 0.15) is 5.78 Å². The third kappa shape index (κ3) is 3.64. The quantitative estimate of drug-likeness (QED) is 0.837. The van der Waals surface area contributed by atoms with Crippen LogP contribution in [-0.4, -0.2) is 11.7 Å². The second kappa shape index (κ2) is 7.32. The van der Waals surface area contributed by atoms with Crippen LogP contribution in [0.5, 0.6) is 0 Å². The summed E-state index contributed by atoms with van der Waals surface area (Å²) in [7, 11) is 0. The molecule has 2 N–H and O–H groups in total. The van der Waals surface area contributed by atoms with Crippen LogP contribution in [0.4, 0.5) is 17.1 Å². The van der Waals surface area contributed by atoms with E-state index >= 15 is 0 Å². The van der Waals surface area contributed by atoms with Crippen LogP contribution in [0, 0.1) is 17.8 Å². The largest absolute Gasteiger partial charge is 0.356 e. The Bertz CT molecular complexity index is 770. The van der Waals surface area contributed by atoms with Gasteiger partial charge in [0.2, 0.25) is 5.91 Å². The maximum atomic E-state index is 12.6. The maximum Gasteiger partial charge on any atom is 0.227 e. The molecule has 0 unspecified atom stereocenters. The van der Waals surface area contributed by atoms with Crippen molar-refractivity contribution >= 4 is 28.8 Å². The Morgan fingerprint density at radius 2 is 1.38 bits per heavy atom. The summed E-state index contributed by atoms with van der Waals surface area (Å²) in [6.45, 7) is 0. The molecule has 2 aliphatic rings. The standard InChI is InChI=1S/C22H24N2O2/c25-21-15-5-4-6-16(21)14-17(13-15)22(26)24-20-11-9-19(10-12-20)23-18-7-2-1-3-8-18/h1-3,7-12,15-17,23H,4-6,13-14H2,(H,24,26)/t15-,16-/m0/s1. The van der Waals surface area contributed by atoms with Crippen LogP contribution in [0.1, 0.15) is 32.1 Å². The number of amides is 1. The average Bonchev–Trinajstić information content (AvgIpc) is 2.64. The minimum Gasteiger partial charge on any atom is -0.356 e. The maximum absolute atomic E-state index is 12.6. The molecule has 4 rings (SSSR count). The van der Waals surface area contributed by atoms with E-state index in [9.17, 15) is 9.59 Å². The van der Waals surface area contributed by atoms with E-state index in [1.807, 2.05) is 54.6 Å². The molecule has 2 bridgehead atoms. The molecule has 2 atom stereocenters. The van der Waals surface area contributed by atoms with Crippen molar-refractivity contribution in [3.05, 3.63) is 54.6 Å². The van der Waals surface area contributed by atoms with Crippen LogP contribution in [-0.2, 0) is 9.59 Å². The van der Waals surface area contributed by atoms with E-state index in [-0.39, 0.29) is 23.7 Å². The fourth-order valence-corrected chi connectivity index (χ4v) is 4.26. The summed E-state index contributed by atoms with van der Waals surface area (Å²) in [6, 6.07) is 17.7. The van der Waals surface area contributed by atoms with Gasteiger partial charge in [0.05, 0.1) is 0 Å². The summed E-state index contributed by atoms with van der Waals surface area (Å²) < 4.78 is 0. The molecule has 2 fully saturated rings. The Balaban J connectivity index is 1.36. The van der Waals surface area contributed by atoms with E-state index in [2.05, 4.69) is 10.6 Å². The first-order chi connectivity index (χ1) is 12.7. The number of benzene rings is 2. The molecule has 0 spiro atoms. The molecule has 134 valence electrons. The fraction of sp³-hybridized carbons (Fsp3) is 0.364. The number of ketones is 1. The highest BCUT2D eigenvalue weighted by Crippen LogP contribution is 2.40. The van der Waals surface area contributed by atoms with Gasteiger partial charge in [0.25, 0.3) is 0 Å². The van der Waals surface area contributed by atoms with Gasteiger partial charge < -0.3 is 10.6 Å². The Morgan fingerprint density at radius 1 is 0.808 bits per heavy atom. The molecule has 0 aliphatic heterocycles. The van der Waals surface area contributed by atoms with E-state index in [1.54, 1.807) is 0 Å². The molecule has 26 heavy (non-hydrogen) atoms. The number of para-hydroxylation sites is 1. The van der Waals surface area contributed by atoms with Crippen molar-refractivity contribution in [3.8, 4) is 0 Å².